The van der Waals surface area contributed by atoms with Crippen LogP contribution in [0.15, 0.2) is 16.8 Å². The Kier molecular flexibility index (Phi) is 5.33. The number of urea groups is 1. The Labute approximate surface area is 136 Å². The van der Waals surface area contributed by atoms with Crippen LogP contribution < -0.4 is 5.32 Å². The number of hydrogen-bond donors (Lipinski definition) is 1. The summed E-state index contributed by atoms with van der Waals surface area (Å²) in [4.78, 5) is 16.7. The van der Waals surface area contributed by atoms with Gasteiger partial charge in [0, 0.05) is 44.7 Å². The van der Waals surface area contributed by atoms with E-state index in [1.54, 1.807) is 11.3 Å². The Hall–Kier alpha value is -1.11. The molecule has 1 N–H and O–H groups in total. The van der Waals surface area contributed by atoms with Crippen LogP contribution >= 0.6 is 11.3 Å². The summed E-state index contributed by atoms with van der Waals surface area (Å²) in [5.41, 5.74) is 1.38. The molecule has 3 heterocycles. The van der Waals surface area contributed by atoms with E-state index in [4.69, 9.17) is 4.74 Å². The predicted molar refractivity (Wildman–Crippen MR) is 88.5 cm³/mol. The van der Waals surface area contributed by atoms with E-state index < -0.39 is 0 Å². The molecule has 0 saturated carbocycles. The Morgan fingerprint density at radius 2 is 2.27 bits per heavy atom. The van der Waals surface area contributed by atoms with Gasteiger partial charge in [-0.2, -0.15) is 11.3 Å². The maximum absolute atomic E-state index is 12.4. The number of thiophene rings is 1. The smallest absolute Gasteiger partial charge is 0.317 e. The number of carbonyl (C=O) groups excluding carboxylic acids is 1. The van der Waals surface area contributed by atoms with Gasteiger partial charge < -0.3 is 15.0 Å². The van der Waals surface area contributed by atoms with Crippen LogP contribution in [-0.2, 0) is 4.74 Å². The zero-order valence-corrected chi connectivity index (χ0v) is 14.0. The summed E-state index contributed by atoms with van der Waals surface area (Å²) in [6.45, 7) is 8.15. The normalized spacial score (nSPS) is 26.3. The second-order valence-electron chi connectivity index (χ2n) is 6.18. The SMILES string of the molecule is C[C@H]1C[C@@H](c2ccsc2)CN1C(=O)NCCN1CCOCC1. The molecule has 3 rings (SSSR count). The number of likely N-dealkylation sites (tertiary alicyclic amines) is 1. The Morgan fingerprint density at radius 3 is 3.00 bits per heavy atom. The highest BCUT2D eigenvalue weighted by Crippen LogP contribution is 2.32. The molecule has 0 radical (unpaired) electrons. The van der Waals surface area contributed by atoms with Gasteiger partial charge in [-0.25, -0.2) is 4.79 Å². The first-order valence-corrected chi connectivity index (χ1v) is 9.05. The predicted octanol–water partition coefficient (Wildman–Crippen LogP) is 1.97. The lowest BCUT2D eigenvalue weighted by atomic mass is 10.00. The number of hydrogen-bond acceptors (Lipinski definition) is 4. The first-order valence-electron chi connectivity index (χ1n) is 8.10. The molecule has 0 bridgehead atoms. The van der Waals surface area contributed by atoms with E-state index in [2.05, 4.69) is 34.0 Å². The lowest BCUT2D eigenvalue weighted by Gasteiger charge is -2.27. The number of nitrogens with one attached hydrogen (secondary N) is 1. The highest BCUT2D eigenvalue weighted by atomic mass is 32.1. The molecule has 22 heavy (non-hydrogen) atoms. The summed E-state index contributed by atoms with van der Waals surface area (Å²) in [5.74, 6) is 0.492. The van der Waals surface area contributed by atoms with E-state index in [0.717, 1.165) is 45.8 Å². The number of nitrogens with zero attached hydrogens (tertiary/aromatic N) is 2. The van der Waals surface area contributed by atoms with Crippen molar-refractivity contribution in [1.29, 1.82) is 0 Å². The van der Waals surface area contributed by atoms with Gasteiger partial charge in [-0.15, -0.1) is 0 Å². The first-order chi connectivity index (χ1) is 10.7. The number of rotatable bonds is 4. The topological polar surface area (TPSA) is 44.8 Å². The monoisotopic (exact) mass is 323 g/mol. The first kappa shape index (κ1) is 15.8. The third-order valence-electron chi connectivity index (χ3n) is 4.66. The van der Waals surface area contributed by atoms with Crippen molar-refractivity contribution in [3.63, 3.8) is 0 Å². The summed E-state index contributed by atoms with van der Waals surface area (Å²) < 4.78 is 5.33. The van der Waals surface area contributed by atoms with Gasteiger partial charge in [0.1, 0.15) is 0 Å². The molecule has 0 unspecified atom stereocenters. The standard InChI is InChI=1S/C16H25N3O2S/c1-13-10-15(14-2-9-22-12-14)11-19(13)16(20)17-3-4-18-5-7-21-8-6-18/h2,9,12-13,15H,3-8,10-11H2,1H3,(H,17,20)/t13-,15+/m0/s1. The highest BCUT2D eigenvalue weighted by molar-refractivity contribution is 7.07. The zero-order chi connectivity index (χ0) is 15.4. The van der Waals surface area contributed by atoms with Crippen molar-refractivity contribution in [2.24, 2.45) is 0 Å². The summed E-state index contributed by atoms with van der Waals surface area (Å²) in [6, 6.07) is 2.58. The van der Waals surface area contributed by atoms with Crippen molar-refractivity contribution in [1.82, 2.24) is 15.1 Å². The molecule has 0 spiro atoms. The number of carbonyl (C=O) groups is 1. The molecule has 0 aromatic carbocycles. The Bertz CT molecular complexity index is 474. The van der Waals surface area contributed by atoms with Crippen molar-refractivity contribution in [2.45, 2.75) is 25.3 Å². The minimum Gasteiger partial charge on any atom is -0.379 e. The highest BCUT2D eigenvalue weighted by Gasteiger charge is 2.33. The fraction of sp³-hybridized carbons (Fsp3) is 0.688. The van der Waals surface area contributed by atoms with Crippen LogP contribution in [-0.4, -0.2) is 67.8 Å². The van der Waals surface area contributed by atoms with Crippen LogP contribution in [0.2, 0.25) is 0 Å². The molecule has 2 fully saturated rings. The van der Waals surface area contributed by atoms with Crippen LogP contribution in [0.3, 0.4) is 0 Å². The average molecular weight is 323 g/mol. The summed E-state index contributed by atoms with van der Waals surface area (Å²) in [7, 11) is 0. The van der Waals surface area contributed by atoms with Crippen molar-refractivity contribution in [3.8, 4) is 0 Å². The largest absolute Gasteiger partial charge is 0.379 e. The van der Waals surface area contributed by atoms with Gasteiger partial charge in [-0.3, -0.25) is 4.90 Å². The number of amides is 2. The van der Waals surface area contributed by atoms with E-state index in [0.29, 0.717) is 18.5 Å². The maximum Gasteiger partial charge on any atom is 0.317 e. The van der Waals surface area contributed by atoms with Crippen LogP contribution in [0.25, 0.3) is 0 Å². The quantitative estimate of drug-likeness (QED) is 0.921. The molecule has 1 aromatic rings. The second kappa shape index (κ2) is 7.44. The summed E-state index contributed by atoms with van der Waals surface area (Å²) in [6.07, 6.45) is 1.06. The molecule has 6 heteroatoms. The summed E-state index contributed by atoms with van der Waals surface area (Å²) >= 11 is 1.73. The minimum absolute atomic E-state index is 0.0819. The van der Waals surface area contributed by atoms with E-state index in [9.17, 15) is 4.79 Å². The van der Waals surface area contributed by atoms with Gasteiger partial charge in [0.05, 0.1) is 13.2 Å². The van der Waals surface area contributed by atoms with Crippen molar-refractivity contribution in [2.75, 3.05) is 45.9 Å². The third kappa shape index (κ3) is 3.80. The molecule has 122 valence electrons. The van der Waals surface area contributed by atoms with Gasteiger partial charge in [-0.05, 0) is 35.7 Å². The molecule has 1 aromatic heterocycles. The Morgan fingerprint density at radius 1 is 1.45 bits per heavy atom. The maximum atomic E-state index is 12.4. The van der Waals surface area contributed by atoms with Gasteiger partial charge >= 0.3 is 6.03 Å². The van der Waals surface area contributed by atoms with Crippen LogP contribution in [0, 0.1) is 0 Å². The molecule has 5 nitrogen and oxygen atoms in total. The second-order valence-corrected chi connectivity index (χ2v) is 6.96. The van der Waals surface area contributed by atoms with Crippen molar-refractivity contribution in [3.05, 3.63) is 22.4 Å². The van der Waals surface area contributed by atoms with Gasteiger partial charge in [0.2, 0.25) is 0 Å². The number of morpholine rings is 1. The van der Waals surface area contributed by atoms with Crippen molar-refractivity contribution >= 4 is 17.4 Å². The molecule has 2 amide bonds. The Balaban J connectivity index is 1.43. The van der Waals surface area contributed by atoms with E-state index >= 15 is 0 Å². The van der Waals surface area contributed by atoms with Crippen LogP contribution in [0.4, 0.5) is 4.79 Å². The molecule has 2 aliphatic rings. The lowest BCUT2D eigenvalue weighted by molar-refractivity contribution is 0.0386. The van der Waals surface area contributed by atoms with Gasteiger partial charge in [0.15, 0.2) is 0 Å². The molecule has 2 aliphatic heterocycles. The molecule has 2 saturated heterocycles. The van der Waals surface area contributed by atoms with Gasteiger partial charge in [0.25, 0.3) is 0 Å². The van der Waals surface area contributed by atoms with E-state index in [1.807, 2.05) is 4.90 Å². The van der Waals surface area contributed by atoms with Crippen molar-refractivity contribution < 1.29 is 9.53 Å². The molecule has 2 atom stereocenters. The third-order valence-corrected chi connectivity index (χ3v) is 5.36. The molecule has 0 aliphatic carbocycles. The fourth-order valence-electron chi connectivity index (χ4n) is 3.31. The van der Waals surface area contributed by atoms with Gasteiger partial charge in [-0.1, -0.05) is 0 Å². The molecular formula is C16H25N3O2S. The van der Waals surface area contributed by atoms with E-state index in [-0.39, 0.29) is 6.03 Å². The lowest BCUT2D eigenvalue weighted by Crippen LogP contribution is -2.46. The number of ether oxygens (including phenoxy) is 1. The van der Waals surface area contributed by atoms with Crippen LogP contribution in [0.5, 0.6) is 0 Å². The summed E-state index contributed by atoms with van der Waals surface area (Å²) in [5, 5.41) is 7.40. The minimum atomic E-state index is 0.0819. The molecular weight excluding hydrogens is 298 g/mol. The zero-order valence-electron chi connectivity index (χ0n) is 13.2. The average Bonchev–Trinajstić information content (AvgIpc) is 3.17. The van der Waals surface area contributed by atoms with Crippen LogP contribution in [0.1, 0.15) is 24.8 Å². The van der Waals surface area contributed by atoms with E-state index in [1.165, 1.54) is 5.56 Å². The fourth-order valence-corrected chi connectivity index (χ4v) is 4.05.